The van der Waals surface area contributed by atoms with E-state index in [1.54, 1.807) is 6.92 Å². The SMILES string of the molecule is CC(=O)C1(C/C=C/Cl)CC1. The molecule has 1 rings (SSSR count). The molecule has 0 unspecified atom stereocenters. The number of Topliss-reactive ketones (excluding diaryl/α,β-unsaturated/α-hetero) is 1. The smallest absolute Gasteiger partial charge is 0.136 e. The molecule has 0 spiro atoms. The molecule has 0 bridgehead atoms. The molecule has 1 nitrogen and oxygen atoms in total. The summed E-state index contributed by atoms with van der Waals surface area (Å²) >= 11 is 5.35. The molecule has 0 aliphatic heterocycles. The molecule has 0 saturated heterocycles. The van der Waals surface area contributed by atoms with E-state index in [1.165, 1.54) is 5.54 Å². The first-order chi connectivity index (χ1) is 4.71. The summed E-state index contributed by atoms with van der Waals surface area (Å²) in [5, 5.41) is 0. The third-order valence-corrected chi connectivity index (χ3v) is 2.38. The van der Waals surface area contributed by atoms with E-state index < -0.39 is 0 Å². The number of hydrogen-bond donors (Lipinski definition) is 0. The third-order valence-electron chi connectivity index (χ3n) is 2.20. The van der Waals surface area contributed by atoms with Gasteiger partial charge in [0.1, 0.15) is 5.78 Å². The van der Waals surface area contributed by atoms with Crippen LogP contribution in [0.4, 0.5) is 0 Å². The lowest BCUT2D eigenvalue weighted by atomic mass is 9.98. The molecule has 0 atom stereocenters. The average Bonchev–Trinajstić information content (AvgIpc) is 2.64. The van der Waals surface area contributed by atoms with Gasteiger partial charge in [-0.25, -0.2) is 0 Å². The molecule has 10 heavy (non-hydrogen) atoms. The molecule has 0 N–H and O–H groups in total. The first kappa shape index (κ1) is 7.80. The molecule has 1 saturated carbocycles. The normalized spacial score (nSPS) is 21.4. The van der Waals surface area contributed by atoms with Gasteiger partial charge in [-0.1, -0.05) is 17.7 Å². The third kappa shape index (κ3) is 1.40. The zero-order valence-corrected chi connectivity index (χ0v) is 6.82. The maximum atomic E-state index is 11.0. The van der Waals surface area contributed by atoms with Crippen molar-refractivity contribution in [1.82, 2.24) is 0 Å². The van der Waals surface area contributed by atoms with Crippen molar-refractivity contribution in [3.05, 3.63) is 11.6 Å². The van der Waals surface area contributed by atoms with E-state index in [0.717, 1.165) is 19.3 Å². The summed E-state index contributed by atoms with van der Waals surface area (Å²) in [4.78, 5) is 11.0. The van der Waals surface area contributed by atoms with Crippen molar-refractivity contribution < 1.29 is 4.79 Å². The van der Waals surface area contributed by atoms with E-state index in [9.17, 15) is 4.79 Å². The summed E-state index contributed by atoms with van der Waals surface area (Å²) in [5.74, 6) is 0.308. The zero-order valence-electron chi connectivity index (χ0n) is 6.06. The molecule has 0 heterocycles. The van der Waals surface area contributed by atoms with Gasteiger partial charge in [0.2, 0.25) is 0 Å². The molecule has 0 aromatic heterocycles. The Morgan fingerprint density at radius 2 is 2.30 bits per heavy atom. The van der Waals surface area contributed by atoms with Crippen molar-refractivity contribution in [2.45, 2.75) is 26.2 Å². The van der Waals surface area contributed by atoms with Gasteiger partial charge in [0.05, 0.1) is 0 Å². The lowest BCUT2D eigenvalue weighted by Crippen LogP contribution is -2.09. The minimum Gasteiger partial charge on any atom is -0.299 e. The number of carbonyl (C=O) groups is 1. The maximum absolute atomic E-state index is 11.0. The molecular formula is C8H11ClO. The maximum Gasteiger partial charge on any atom is 0.136 e. The number of carbonyl (C=O) groups excluding carboxylic acids is 1. The van der Waals surface area contributed by atoms with Gasteiger partial charge in [-0.3, -0.25) is 4.79 Å². The number of rotatable bonds is 3. The highest BCUT2D eigenvalue weighted by Gasteiger charge is 2.45. The fourth-order valence-electron chi connectivity index (χ4n) is 1.12. The largest absolute Gasteiger partial charge is 0.299 e. The molecule has 1 fully saturated rings. The summed E-state index contributed by atoms with van der Waals surface area (Å²) in [6, 6.07) is 0. The Kier molecular flexibility index (Phi) is 2.14. The molecule has 0 aromatic carbocycles. The van der Waals surface area contributed by atoms with Crippen LogP contribution in [0.2, 0.25) is 0 Å². The minimum atomic E-state index is -0.00854. The van der Waals surface area contributed by atoms with Crippen molar-refractivity contribution in [3.63, 3.8) is 0 Å². The van der Waals surface area contributed by atoms with Crippen molar-refractivity contribution in [2.75, 3.05) is 0 Å². The summed E-state index contributed by atoms with van der Waals surface area (Å²) in [7, 11) is 0. The molecule has 1 aliphatic rings. The van der Waals surface area contributed by atoms with E-state index in [4.69, 9.17) is 11.6 Å². The van der Waals surface area contributed by atoms with Gasteiger partial charge >= 0.3 is 0 Å². The predicted octanol–water partition coefficient (Wildman–Crippen LogP) is 2.50. The monoisotopic (exact) mass is 158 g/mol. The van der Waals surface area contributed by atoms with Crippen LogP contribution in [-0.2, 0) is 4.79 Å². The molecule has 2 heteroatoms. The van der Waals surface area contributed by atoms with Crippen molar-refractivity contribution in [3.8, 4) is 0 Å². The fraction of sp³-hybridized carbons (Fsp3) is 0.625. The average molecular weight is 159 g/mol. The van der Waals surface area contributed by atoms with Crippen LogP contribution in [0, 0.1) is 5.41 Å². The topological polar surface area (TPSA) is 17.1 Å². The van der Waals surface area contributed by atoms with Gasteiger partial charge in [0.15, 0.2) is 0 Å². The Labute approximate surface area is 66.1 Å². The van der Waals surface area contributed by atoms with Gasteiger partial charge in [-0.2, -0.15) is 0 Å². The lowest BCUT2D eigenvalue weighted by Gasteiger charge is -2.05. The highest BCUT2D eigenvalue weighted by molar-refractivity contribution is 6.25. The van der Waals surface area contributed by atoms with Crippen molar-refractivity contribution in [2.24, 2.45) is 5.41 Å². The van der Waals surface area contributed by atoms with Gasteiger partial charge in [0, 0.05) is 11.0 Å². The highest BCUT2D eigenvalue weighted by atomic mass is 35.5. The highest BCUT2D eigenvalue weighted by Crippen LogP contribution is 2.49. The van der Waals surface area contributed by atoms with Crippen LogP contribution < -0.4 is 0 Å². The second-order valence-electron chi connectivity index (χ2n) is 2.90. The molecule has 0 aromatic rings. The van der Waals surface area contributed by atoms with Gasteiger partial charge in [-0.05, 0) is 26.2 Å². The van der Waals surface area contributed by atoms with Crippen molar-refractivity contribution >= 4 is 17.4 Å². The predicted molar refractivity (Wildman–Crippen MR) is 42.0 cm³/mol. The number of ketones is 1. The van der Waals surface area contributed by atoms with Crippen LogP contribution in [-0.4, -0.2) is 5.78 Å². The number of hydrogen-bond acceptors (Lipinski definition) is 1. The molecular weight excluding hydrogens is 148 g/mol. The Morgan fingerprint density at radius 3 is 2.60 bits per heavy atom. The Morgan fingerprint density at radius 1 is 1.70 bits per heavy atom. The van der Waals surface area contributed by atoms with Crippen molar-refractivity contribution in [1.29, 1.82) is 0 Å². The lowest BCUT2D eigenvalue weighted by molar-refractivity contribution is -0.121. The molecule has 0 amide bonds. The number of allylic oxidation sites excluding steroid dienone is 1. The standard InChI is InChI=1S/C8H11ClO/c1-7(10)8(4-5-8)3-2-6-9/h2,6H,3-5H2,1H3/b6-2+. The van der Waals surface area contributed by atoms with E-state index >= 15 is 0 Å². The summed E-state index contributed by atoms with van der Waals surface area (Å²) < 4.78 is 0. The summed E-state index contributed by atoms with van der Waals surface area (Å²) in [6.45, 7) is 1.66. The van der Waals surface area contributed by atoms with E-state index in [0.29, 0.717) is 5.78 Å². The summed E-state index contributed by atoms with van der Waals surface area (Å²) in [6.07, 6.45) is 4.77. The van der Waals surface area contributed by atoms with Gasteiger partial charge in [0.25, 0.3) is 0 Å². The fourth-order valence-corrected chi connectivity index (χ4v) is 1.21. The van der Waals surface area contributed by atoms with Crippen LogP contribution >= 0.6 is 11.6 Å². The van der Waals surface area contributed by atoms with Crippen LogP contribution in [0.15, 0.2) is 11.6 Å². The second kappa shape index (κ2) is 2.75. The molecule has 56 valence electrons. The Bertz CT molecular complexity index is 168. The summed E-state index contributed by atoms with van der Waals surface area (Å²) in [5.41, 5.74) is 1.48. The molecule has 0 radical (unpaired) electrons. The first-order valence-electron chi connectivity index (χ1n) is 3.47. The van der Waals surface area contributed by atoms with E-state index in [2.05, 4.69) is 0 Å². The van der Waals surface area contributed by atoms with E-state index in [-0.39, 0.29) is 5.41 Å². The van der Waals surface area contributed by atoms with Crippen LogP contribution in [0.5, 0.6) is 0 Å². The Balaban J connectivity index is 2.45. The number of halogens is 1. The van der Waals surface area contributed by atoms with Gasteiger partial charge < -0.3 is 0 Å². The molecule has 1 aliphatic carbocycles. The quantitative estimate of drug-likeness (QED) is 0.617. The Hall–Kier alpha value is -0.300. The van der Waals surface area contributed by atoms with Gasteiger partial charge in [-0.15, -0.1) is 0 Å². The van der Waals surface area contributed by atoms with Crippen LogP contribution in [0.25, 0.3) is 0 Å². The second-order valence-corrected chi connectivity index (χ2v) is 3.15. The van der Waals surface area contributed by atoms with E-state index in [1.807, 2.05) is 6.08 Å². The first-order valence-corrected chi connectivity index (χ1v) is 3.91. The van der Waals surface area contributed by atoms with Crippen LogP contribution in [0.3, 0.4) is 0 Å². The zero-order chi connectivity index (χ0) is 7.61. The van der Waals surface area contributed by atoms with Crippen LogP contribution in [0.1, 0.15) is 26.2 Å². The minimum absolute atomic E-state index is 0.00854.